The molecule has 0 fully saturated rings. The van der Waals surface area contributed by atoms with Gasteiger partial charge in [-0.2, -0.15) is 0 Å². The van der Waals surface area contributed by atoms with Crippen molar-refractivity contribution in [1.82, 2.24) is 0 Å². The Labute approximate surface area is 87.9 Å². The molecule has 2 nitrogen and oxygen atoms in total. The Morgan fingerprint density at radius 3 is 2.79 bits per heavy atom. The van der Waals surface area contributed by atoms with Crippen LogP contribution in [0.2, 0.25) is 0 Å². The molecule has 0 aliphatic carbocycles. The highest BCUT2D eigenvalue weighted by atomic mass is 35.5. The van der Waals surface area contributed by atoms with Gasteiger partial charge in [0.1, 0.15) is 6.29 Å². The molecule has 0 radical (unpaired) electrons. The van der Waals surface area contributed by atoms with Crippen LogP contribution in [0.25, 0.3) is 0 Å². The van der Waals surface area contributed by atoms with Gasteiger partial charge in [0.2, 0.25) is 0 Å². The summed E-state index contributed by atoms with van der Waals surface area (Å²) in [6, 6.07) is 5.41. The summed E-state index contributed by atoms with van der Waals surface area (Å²) in [4.78, 5) is 21.8. The van der Waals surface area contributed by atoms with E-state index in [1.807, 2.05) is 19.1 Å². The lowest BCUT2D eigenvalue weighted by molar-refractivity contribution is -0.116. The summed E-state index contributed by atoms with van der Waals surface area (Å²) in [7, 11) is 0. The summed E-state index contributed by atoms with van der Waals surface area (Å²) in [6.07, 6.45) is 0.996. The van der Waals surface area contributed by atoms with Gasteiger partial charge < -0.3 is 0 Å². The second-order valence-corrected chi connectivity index (χ2v) is 3.44. The highest BCUT2D eigenvalue weighted by Crippen LogP contribution is 2.11. The van der Waals surface area contributed by atoms with Gasteiger partial charge in [0.15, 0.2) is 5.78 Å². The lowest BCUT2D eigenvalue weighted by Crippen LogP contribution is -2.06. The number of hydrogen-bond donors (Lipinski definition) is 0. The first-order valence-corrected chi connectivity index (χ1v) is 4.83. The van der Waals surface area contributed by atoms with Crippen LogP contribution >= 0.6 is 11.6 Å². The van der Waals surface area contributed by atoms with E-state index in [1.165, 1.54) is 0 Å². The second-order valence-electron chi connectivity index (χ2n) is 3.17. The average molecular weight is 211 g/mol. The molecule has 0 N–H and O–H groups in total. The van der Waals surface area contributed by atoms with Crippen LogP contribution < -0.4 is 0 Å². The lowest BCUT2D eigenvalue weighted by Gasteiger charge is -2.03. The van der Waals surface area contributed by atoms with Gasteiger partial charge in [0.25, 0.3) is 0 Å². The predicted molar refractivity (Wildman–Crippen MR) is 56.0 cm³/mol. The van der Waals surface area contributed by atoms with Crippen LogP contribution in [0.15, 0.2) is 18.2 Å². The zero-order valence-corrected chi connectivity index (χ0v) is 8.67. The van der Waals surface area contributed by atoms with Gasteiger partial charge in [-0.15, -0.1) is 11.6 Å². The molecule has 1 rings (SSSR count). The molecule has 0 bridgehead atoms. The van der Waals surface area contributed by atoms with E-state index in [0.717, 1.165) is 17.4 Å². The molecule has 0 aliphatic rings. The van der Waals surface area contributed by atoms with Crippen LogP contribution in [0.5, 0.6) is 0 Å². The van der Waals surface area contributed by atoms with E-state index in [4.69, 9.17) is 11.6 Å². The highest BCUT2D eigenvalue weighted by molar-refractivity contribution is 6.27. The third-order valence-corrected chi connectivity index (χ3v) is 2.26. The largest absolute Gasteiger partial charge is 0.298 e. The minimum Gasteiger partial charge on any atom is -0.298 e. The fourth-order valence-electron chi connectivity index (χ4n) is 1.26. The average Bonchev–Trinajstić information content (AvgIpc) is 2.18. The van der Waals surface area contributed by atoms with E-state index in [1.54, 1.807) is 6.07 Å². The highest BCUT2D eigenvalue weighted by Gasteiger charge is 2.06. The van der Waals surface area contributed by atoms with Crippen molar-refractivity contribution in [2.24, 2.45) is 0 Å². The number of aryl methyl sites for hydroxylation is 1. The fraction of sp³-hybridized carbons (Fsp3) is 0.273. The Hall–Kier alpha value is -1.15. The molecular formula is C11H11ClO2. The van der Waals surface area contributed by atoms with Gasteiger partial charge in [-0.05, 0) is 12.5 Å². The molecule has 3 heteroatoms. The minimum absolute atomic E-state index is 0.00770. The van der Waals surface area contributed by atoms with Crippen molar-refractivity contribution >= 4 is 23.7 Å². The Kier molecular flexibility index (Phi) is 3.84. The molecule has 0 spiro atoms. The Bertz CT molecular complexity index is 358. The van der Waals surface area contributed by atoms with E-state index in [0.29, 0.717) is 5.56 Å². The van der Waals surface area contributed by atoms with Crippen LogP contribution in [0, 0.1) is 6.92 Å². The van der Waals surface area contributed by atoms with Gasteiger partial charge in [-0.1, -0.05) is 23.8 Å². The summed E-state index contributed by atoms with van der Waals surface area (Å²) in [5.41, 5.74) is 2.35. The summed E-state index contributed by atoms with van der Waals surface area (Å²) < 4.78 is 0. The van der Waals surface area contributed by atoms with Crippen molar-refractivity contribution in [3.63, 3.8) is 0 Å². The van der Waals surface area contributed by atoms with E-state index < -0.39 is 0 Å². The number of halogens is 1. The maximum absolute atomic E-state index is 11.1. The number of rotatable bonds is 4. The van der Waals surface area contributed by atoms with E-state index in [-0.39, 0.29) is 18.1 Å². The molecule has 0 aliphatic heterocycles. The van der Waals surface area contributed by atoms with Gasteiger partial charge in [-0.25, -0.2) is 0 Å². The van der Waals surface area contributed by atoms with E-state index in [2.05, 4.69) is 0 Å². The topological polar surface area (TPSA) is 34.1 Å². The van der Waals surface area contributed by atoms with Gasteiger partial charge in [0.05, 0.1) is 5.88 Å². The number of alkyl halides is 1. The van der Waals surface area contributed by atoms with Crippen molar-refractivity contribution in [2.45, 2.75) is 13.3 Å². The van der Waals surface area contributed by atoms with Crippen LogP contribution in [-0.4, -0.2) is 17.9 Å². The van der Waals surface area contributed by atoms with Gasteiger partial charge in [-0.3, -0.25) is 9.59 Å². The van der Waals surface area contributed by atoms with Crippen LogP contribution in [0.4, 0.5) is 0 Å². The van der Waals surface area contributed by atoms with Crippen LogP contribution in [0.1, 0.15) is 21.5 Å². The Balaban J connectivity index is 2.98. The van der Waals surface area contributed by atoms with Crippen molar-refractivity contribution in [3.8, 4) is 0 Å². The van der Waals surface area contributed by atoms with Crippen molar-refractivity contribution in [3.05, 3.63) is 34.9 Å². The third-order valence-electron chi connectivity index (χ3n) is 1.96. The molecule has 1 aromatic rings. The zero-order valence-electron chi connectivity index (χ0n) is 7.92. The maximum Gasteiger partial charge on any atom is 0.151 e. The normalized spacial score (nSPS) is 9.86. The number of carbonyl (C=O) groups excluding carboxylic acids is 2. The molecule has 0 saturated carbocycles. The molecule has 1 aromatic carbocycles. The van der Waals surface area contributed by atoms with Crippen molar-refractivity contribution in [1.29, 1.82) is 0 Å². The van der Waals surface area contributed by atoms with Crippen LogP contribution in [-0.2, 0) is 11.2 Å². The van der Waals surface area contributed by atoms with E-state index in [9.17, 15) is 9.59 Å². The Morgan fingerprint density at radius 1 is 1.50 bits per heavy atom. The predicted octanol–water partition coefficient (Wildman–Crippen LogP) is 2.16. The molecule has 0 saturated heterocycles. The molecule has 0 unspecified atom stereocenters. The number of Topliss-reactive ketones (excluding diaryl/α,β-unsaturated/α-hetero) is 1. The van der Waals surface area contributed by atoms with Crippen LogP contribution in [0.3, 0.4) is 0 Å². The quantitative estimate of drug-likeness (QED) is 0.564. The monoisotopic (exact) mass is 210 g/mol. The summed E-state index contributed by atoms with van der Waals surface area (Å²) in [6.45, 7) is 1.92. The number of aldehydes is 1. The second kappa shape index (κ2) is 4.91. The smallest absolute Gasteiger partial charge is 0.151 e. The first kappa shape index (κ1) is 10.9. The molecule has 0 heterocycles. The SMILES string of the molecule is Cc1ccc(C=O)c(CC(=O)CCl)c1. The lowest BCUT2D eigenvalue weighted by atomic mass is 10.0. The summed E-state index contributed by atoms with van der Waals surface area (Å²) in [5, 5.41) is 0. The Morgan fingerprint density at radius 2 is 2.21 bits per heavy atom. The number of ketones is 1. The fourth-order valence-corrected chi connectivity index (χ4v) is 1.36. The number of carbonyl (C=O) groups is 2. The first-order valence-electron chi connectivity index (χ1n) is 4.29. The molecule has 0 aromatic heterocycles. The summed E-state index contributed by atoms with van der Waals surface area (Å²) in [5.74, 6) is -0.0768. The zero-order chi connectivity index (χ0) is 10.6. The van der Waals surface area contributed by atoms with Crippen molar-refractivity contribution < 1.29 is 9.59 Å². The maximum atomic E-state index is 11.1. The third kappa shape index (κ3) is 2.67. The van der Waals surface area contributed by atoms with Gasteiger partial charge >= 0.3 is 0 Å². The molecular weight excluding hydrogens is 200 g/mol. The molecule has 0 atom stereocenters. The molecule has 14 heavy (non-hydrogen) atoms. The standard InChI is InChI=1S/C11H11ClO2/c1-8-2-3-9(7-13)10(4-8)5-11(14)6-12/h2-4,7H,5-6H2,1H3. The molecule has 74 valence electrons. The van der Waals surface area contributed by atoms with E-state index >= 15 is 0 Å². The minimum atomic E-state index is -0.0691. The first-order chi connectivity index (χ1) is 6.67. The summed E-state index contributed by atoms with van der Waals surface area (Å²) >= 11 is 5.40. The van der Waals surface area contributed by atoms with Gasteiger partial charge in [0, 0.05) is 12.0 Å². The van der Waals surface area contributed by atoms with Crippen molar-refractivity contribution in [2.75, 3.05) is 5.88 Å². The molecule has 0 amide bonds. The number of hydrogen-bond acceptors (Lipinski definition) is 2. The number of benzene rings is 1.